The monoisotopic (exact) mass is 170 g/mol. The number of cyclic esters (lactones) is 1. The van der Waals surface area contributed by atoms with Crippen molar-refractivity contribution < 1.29 is 19.4 Å². The van der Waals surface area contributed by atoms with Crippen LogP contribution in [0.15, 0.2) is 0 Å². The van der Waals surface area contributed by atoms with Crippen molar-refractivity contribution in [2.75, 3.05) is 0 Å². The second kappa shape index (κ2) is 2.21. The van der Waals surface area contributed by atoms with E-state index in [1.165, 1.54) is 0 Å². The first kappa shape index (κ1) is 7.58. The third-order valence-corrected chi connectivity index (χ3v) is 2.58. The maximum atomic E-state index is 11.1. The molecule has 4 heteroatoms. The molecule has 66 valence electrons. The molecule has 0 bridgehead atoms. The molecule has 2 rings (SSSR count). The van der Waals surface area contributed by atoms with Crippen LogP contribution < -0.4 is 0 Å². The van der Waals surface area contributed by atoms with E-state index in [1.807, 2.05) is 0 Å². The first-order valence-electron chi connectivity index (χ1n) is 4.05. The molecule has 0 aromatic rings. The van der Waals surface area contributed by atoms with Crippen LogP contribution in [0, 0.1) is 5.41 Å². The van der Waals surface area contributed by atoms with Gasteiger partial charge in [-0.3, -0.25) is 9.59 Å². The molecule has 12 heavy (non-hydrogen) atoms. The van der Waals surface area contributed by atoms with E-state index in [-0.39, 0.29) is 23.9 Å². The van der Waals surface area contributed by atoms with Crippen molar-refractivity contribution in [3.05, 3.63) is 0 Å². The number of rotatable bonds is 2. The second-order valence-corrected chi connectivity index (χ2v) is 3.61. The van der Waals surface area contributed by atoms with Gasteiger partial charge in [0.05, 0.1) is 11.8 Å². The molecule has 0 aromatic carbocycles. The summed E-state index contributed by atoms with van der Waals surface area (Å²) < 4.78 is 4.93. The Morgan fingerprint density at radius 2 is 2.33 bits per heavy atom. The summed E-state index contributed by atoms with van der Waals surface area (Å²) in [7, 11) is 0. The number of hydrogen-bond acceptors (Lipinski definition) is 3. The topological polar surface area (TPSA) is 63.6 Å². The third kappa shape index (κ3) is 1.07. The number of hydrogen-bond donors (Lipinski definition) is 1. The third-order valence-electron chi connectivity index (χ3n) is 2.58. The summed E-state index contributed by atoms with van der Waals surface area (Å²) in [6.07, 6.45) is 1.94. The fourth-order valence-electron chi connectivity index (χ4n) is 1.70. The van der Waals surface area contributed by atoms with Crippen LogP contribution >= 0.6 is 0 Å². The van der Waals surface area contributed by atoms with Gasteiger partial charge in [0, 0.05) is 6.42 Å². The molecule has 1 aliphatic carbocycles. The van der Waals surface area contributed by atoms with Crippen molar-refractivity contribution >= 4 is 11.9 Å². The highest BCUT2D eigenvalue weighted by Gasteiger charge is 2.57. The van der Waals surface area contributed by atoms with Gasteiger partial charge in [-0.2, -0.15) is 0 Å². The van der Waals surface area contributed by atoms with Crippen molar-refractivity contribution in [1.82, 2.24) is 0 Å². The van der Waals surface area contributed by atoms with E-state index in [0.717, 1.165) is 12.8 Å². The zero-order valence-electron chi connectivity index (χ0n) is 6.58. The molecule has 1 unspecified atom stereocenters. The summed E-state index contributed by atoms with van der Waals surface area (Å²) in [5, 5.41) is 8.46. The van der Waals surface area contributed by atoms with Crippen LogP contribution in [0.1, 0.15) is 25.7 Å². The molecule has 1 N–H and O–H groups in total. The van der Waals surface area contributed by atoms with Gasteiger partial charge in [-0.1, -0.05) is 0 Å². The zero-order chi connectivity index (χ0) is 8.77. The molecule has 0 radical (unpaired) electrons. The molecule has 1 atom stereocenters. The molecule has 0 aromatic heterocycles. The summed E-state index contributed by atoms with van der Waals surface area (Å²) in [5.41, 5.74) is -0.264. The predicted octanol–water partition coefficient (Wildman–Crippen LogP) is 0.557. The van der Waals surface area contributed by atoms with E-state index < -0.39 is 5.97 Å². The maximum Gasteiger partial charge on any atom is 0.312 e. The number of aliphatic carboxylic acids is 1. The van der Waals surface area contributed by atoms with Gasteiger partial charge in [0.1, 0.15) is 6.10 Å². The van der Waals surface area contributed by atoms with E-state index in [0.29, 0.717) is 6.42 Å². The van der Waals surface area contributed by atoms with E-state index in [1.54, 1.807) is 0 Å². The molecule has 1 aliphatic heterocycles. The van der Waals surface area contributed by atoms with Crippen molar-refractivity contribution in [1.29, 1.82) is 0 Å². The minimum absolute atomic E-state index is 0.0481. The summed E-state index contributed by atoms with van der Waals surface area (Å²) >= 11 is 0. The first-order chi connectivity index (χ1) is 5.62. The Morgan fingerprint density at radius 3 is 2.75 bits per heavy atom. The van der Waals surface area contributed by atoms with Crippen LogP contribution in [0.4, 0.5) is 0 Å². The predicted molar refractivity (Wildman–Crippen MR) is 38.4 cm³/mol. The average Bonchev–Trinajstić information content (AvgIpc) is 2.60. The van der Waals surface area contributed by atoms with Gasteiger partial charge in [-0.25, -0.2) is 0 Å². The van der Waals surface area contributed by atoms with Crippen LogP contribution in [0.3, 0.4) is 0 Å². The molecular formula is C8H10O4. The minimum Gasteiger partial charge on any atom is -0.481 e. The molecule has 1 saturated carbocycles. The molecule has 1 spiro atoms. The maximum absolute atomic E-state index is 11.1. The smallest absolute Gasteiger partial charge is 0.312 e. The Balaban J connectivity index is 1.97. The van der Waals surface area contributed by atoms with E-state index >= 15 is 0 Å². The fourth-order valence-corrected chi connectivity index (χ4v) is 1.70. The molecule has 2 aliphatic rings. The highest BCUT2D eigenvalue weighted by Crippen LogP contribution is 2.55. The van der Waals surface area contributed by atoms with Crippen LogP contribution in [0.2, 0.25) is 0 Å². The lowest BCUT2D eigenvalue weighted by atomic mass is 10.0. The lowest BCUT2D eigenvalue weighted by molar-refractivity contribution is -0.148. The van der Waals surface area contributed by atoms with Gasteiger partial charge < -0.3 is 9.84 Å². The SMILES string of the molecule is O=C(O)CC1CC2(CC2)C(=O)O1. The largest absolute Gasteiger partial charge is 0.481 e. The van der Waals surface area contributed by atoms with Gasteiger partial charge in [0.25, 0.3) is 0 Å². The van der Waals surface area contributed by atoms with Crippen molar-refractivity contribution in [3.63, 3.8) is 0 Å². The van der Waals surface area contributed by atoms with Gasteiger partial charge in [0.2, 0.25) is 0 Å². The Labute approximate surface area is 69.5 Å². The standard InChI is InChI=1S/C8H10O4/c9-6(10)3-5-4-8(1-2-8)7(11)12-5/h5H,1-4H2,(H,9,10). The number of carboxylic acids is 1. The first-order valence-corrected chi connectivity index (χ1v) is 4.05. The van der Waals surface area contributed by atoms with Crippen LogP contribution in [0.25, 0.3) is 0 Å². The Hall–Kier alpha value is -1.06. The van der Waals surface area contributed by atoms with Gasteiger partial charge in [-0.05, 0) is 12.8 Å². The van der Waals surface area contributed by atoms with Crippen LogP contribution in [-0.2, 0) is 14.3 Å². The number of carboxylic acid groups (broad SMARTS) is 1. The second-order valence-electron chi connectivity index (χ2n) is 3.61. The summed E-state index contributed by atoms with van der Waals surface area (Å²) in [6.45, 7) is 0. The molecular weight excluding hydrogens is 160 g/mol. The number of esters is 1. The van der Waals surface area contributed by atoms with Crippen molar-refractivity contribution in [2.24, 2.45) is 5.41 Å². The van der Waals surface area contributed by atoms with Crippen LogP contribution in [0.5, 0.6) is 0 Å². The highest BCUT2D eigenvalue weighted by atomic mass is 16.6. The van der Waals surface area contributed by atoms with Crippen LogP contribution in [-0.4, -0.2) is 23.1 Å². The Bertz CT molecular complexity index is 241. The quantitative estimate of drug-likeness (QED) is 0.615. The summed E-state index contributed by atoms with van der Waals surface area (Å²) in [4.78, 5) is 21.4. The van der Waals surface area contributed by atoms with E-state index in [2.05, 4.69) is 0 Å². The van der Waals surface area contributed by atoms with Crippen molar-refractivity contribution in [2.45, 2.75) is 31.8 Å². The summed E-state index contributed by atoms with van der Waals surface area (Å²) in [6, 6.07) is 0. The minimum atomic E-state index is -0.898. The van der Waals surface area contributed by atoms with Gasteiger partial charge in [-0.15, -0.1) is 0 Å². The van der Waals surface area contributed by atoms with E-state index in [9.17, 15) is 9.59 Å². The zero-order valence-corrected chi connectivity index (χ0v) is 6.58. The number of ether oxygens (including phenoxy) is 1. The van der Waals surface area contributed by atoms with E-state index in [4.69, 9.17) is 9.84 Å². The lowest BCUT2D eigenvalue weighted by Gasteiger charge is -2.03. The summed E-state index contributed by atoms with van der Waals surface area (Å²) in [5.74, 6) is -1.08. The molecule has 4 nitrogen and oxygen atoms in total. The molecule has 0 amide bonds. The highest BCUT2D eigenvalue weighted by molar-refractivity contribution is 5.82. The molecule has 1 saturated heterocycles. The normalized spacial score (nSPS) is 30.3. The Morgan fingerprint density at radius 1 is 1.67 bits per heavy atom. The van der Waals surface area contributed by atoms with Crippen molar-refractivity contribution in [3.8, 4) is 0 Å². The fraction of sp³-hybridized carbons (Fsp3) is 0.750. The van der Waals surface area contributed by atoms with Gasteiger partial charge in [0.15, 0.2) is 0 Å². The molecule has 1 heterocycles. The Kier molecular flexibility index (Phi) is 1.40. The number of carbonyl (C=O) groups is 2. The molecule has 2 fully saturated rings. The lowest BCUT2D eigenvalue weighted by Crippen LogP contribution is -2.12. The average molecular weight is 170 g/mol. The number of carbonyl (C=O) groups excluding carboxylic acids is 1. The van der Waals surface area contributed by atoms with Gasteiger partial charge >= 0.3 is 11.9 Å².